The van der Waals surface area contributed by atoms with Crippen molar-refractivity contribution < 1.29 is 4.39 Å². The number of hydrogen-bond acceptors (Lipinski definition) is 5. The standard InChI is InChI=1S/C12H16FN5/c1-7-5-11(15-6-9(7)13)18-10-3-4-14-8(2)12(10)16-17-18/h5-6,8,14,16-17H,3-4H2,1-2H3. The summed E-state index contributed by atoms with van der Waals surface area (Å²) in [5, 5.41) is 5.27. The fourth-order valence-corrected chi connectivity index (χ4v) is 2.33. The molecule has 1 unspecified atom stereocenters. The van der Waals surface area contributed by atoms with Gasteiger partial charge in [0.25, 0.3) is 0 Å². The SMILES string of the molecule is Cc1cc(N2NNC3=C2CCNC3C)ncc1F. The van der Waals surface area contributed by atoms with Crippen LogP contribution in [0.1, 0.15) is 18.9 Å². The number of rotatable bonds is 1. The van der Waals surface area contributed by atoms with Crippen LogP contribution in [0.25, 0.3) is 0 Å². The summed E-state index contributed by atoms with van der Waals surface area (Å²) >= 11 is 0. The molecular weight excluding hydrogens is 233 g/mol. The monoisotopic (exact) mass is 249 g/mol. The molecule has 3 N–H and O–H groups in total. The molecule has 2 aliphatic rings. The minimum absolute atomic E-state index is 0.279. The van der Waals surface area contributed by atoms with E-state index in [0.29, 0.717) is 11.4 Å². The molecular formula is C12H16FN5. The second-order valence-corrected chi connectivity index (χ2v) is 4.65. The minimum atomic E-state index is -0.279. The van der Waals surface area contributed by atoms with Gasteiger partial charge in [-0.3, -0.25) is 0 Å². The third-order valence-electron chi connectivity index (χ3n) is 3.39. The Labute approximate surface area is 105 Å². The first-order valence-electron chi connectivity index (χ1n) is 6.07. The summed E-state index contributed by atoms with van der Waals surface area (Å²) in [5.41, 5.74) is 9.12. The molecule has 1 aromatic rings. The molecule has 5 nitrogen and oxygen atoms in total. The van der Waals surface area contributed by atoms with E-state index in [1.807, 2.05) is 5.01 Å². The number of nitrogens with one attached hydrogen (secondary N) is 3. The Bertz CT molecular complexity index is 513. The first-order chi connectivity index (χ1) is 8.66. The third-order valence-corrected chi connectivity index (χ3v) is 3.39. The van der Waals surface area contributed by atoms with Crippen LogP contribution in [0.15, 0.2) is 23.7 Å². The van der Waals surface area contributed by atoms with Crippen LogP contribution in [-0.4, -0.2) is 17.6 Å². The molecule has 1 atom stereocenters. The van der Waals surface area contributed by atoms with Gasteiger partial charge in [-0.15, -0.1) is 5.53 Å². The summed E-state index contributed by atoms with van der Waals surface area (Å²) in [4.78, 5) is 4.13. The molecule has 0 fully saturated rings. The maximum atomic E-state index is 13.2. The Morgan fingerprint density at radius 2 is 2.33 bits per heavy atom. The Hall–Kier alpha value is -1.66. The highest BCUT2D eigenvalue weighted by atomic mass is 19.1. The summed E-state index contributed by atoms with van der Waals surface area (Å²) in [7, 11) is 0. The van der Waals surface area contributed by atoms with E-state index in [1.165, 1.54) is 11.9 Å². The van der Waals surface area contributed by atoms with Gasteiger partial charge in [0.1, 0.15) is 11.6 Å². The molecule has 18 heavy (non-hydrogen) atoms. The maximum Gasteiger partial charge on any atom is 0.149 e. The number of halogens is 1. The van der Waals surface area contributed by atoms with Gasteiger partial charge in [-0.2, -0.15) is 0 Å². The second-order valence-electron chi connectivity index (χ2n) is 4.65. The molecule has 1 aromatic heterocycles. The van der Waals surface area contributed by atoms with Crippen molar-refractivity contribution in [3.8, 4) is 0 Å². The first kappa shape index (κ1) is 11.4. The van der Waals surface area contributed by atoms with Gasteiger partial charge in [0.05, 0.1) is 17.6 Å². The van der Waals surface area contributed by atoms with Crippen molar-refractivity contribution in [2.24, 2.45) is 0 Å². The first-order valence-corrected chi connectivity index (χ1v) is 6.07. The van der Waals surface area contributed by atoms with Gasteiger partial charge in [0.2, 0.25) is 0 Å². The zero-order chi connectivity index (χ0) is 12.7. The topological polar surface area (TPSA) is 52.2 Å². The Morgan fingerprint density at radius 3 is 3.11 bits per heavy atom. The van der Waals surface area contributed by atoms with Crippen molar-refractivity contribution in [2.45, 2.75) is 26.3 Å². The van der Waals surface area contributed by atoms with Crippen LogP contribution in [0.3, 0.4) is 0 Å². The van der Waals surface area contributed by atoms with Crippen molar-refractivity contribution in [3.05, 3.63) is 35.0 Å². The maximum absolute atomic E-state index is 13.2. The predicted molar refractivity (Wildman–Crippen MR) is 66.8 cm³/mol. The molecule has 0 radical (unpaired) electrons. The zero-order valence-electron chi connectivity index (χ0n) is 10.4. The number of pyridine rings is 1. The predicted octanol–water partition coefficient (Wildman–Crippen LogP) is 0.952. The van der Waals surface area contributed by atoms with E-state index in [1.54, 1.807) is 13.0 Å². The van der Waals surface area contributed by atoms with Crippen LogP contribution in [0, 0.1) is 12.7 Å². The minimum Gasteiger partial charge on any atom is -0.308 e. The van der Waals surface area contributed by atoms with E-state index in [0.717, 1.165) is 18.7 Å². The van der Waals surface area contributed by atoms with Gasteiger partial charge < -0.3 is 10.7 Å². The number of aryl methyl sites for hydroxylation is 1. The van der Waals surface area contributed by atoms with Crippen LogP contribution >= 0.6 is 0 Å². The van der Waals surface area contributed by atoms with Crippen LogP contribution in [0.4, 0.5) is 10.2 Å². The number of hydrazine groups is 2. The van der Waals surface area contributed by atoms with Crippen LogP contribution in [-0.2, 0) is 0 Å². The van der Waals surface area contributed by atoms with Crippen LogP contribution in [0.2, 0.25) is 0 Å². The van der Waals surface area contributed by atoms with Gasteiger partial charge >= 0.3 is 0 Å². The van der Waals surface area contributed by atoms with Crippen molar-refractivity contribution in [2.75, 3.05) is 11.6 Å². The average molecular weight is 249 g/mol. The van der Waals surface area contributed by atoms with E-state index in [2.05, 4.69) is 28.2 Å². The molecule has 0 bridgehead atoms. The highest BCUT2D eigenvalue weighted by Crippen LogP contribution is 2.26. The summed E-state index contributed by atoms with van der Waals surface area (Å²) in [6, 6.07) is 2.03. The average Bonchev–Trinajstić information content (AvgIpc) is 2.78. The molecule has 0 saturated carbocycles. The number of aromatic nitrogens is 1. The third kappa shape index (κ3) is 1.74. The van der Waals surface area contributed by atoms with E-state index in [4.69, 9.17) is 0 Å². The molecule has 96 valence electrons. The van der Waals surface area contributed by atoms with Crippen molar-refractivity contribution >= 4 is 5.82 Å². The molecule has 2 aliphatic heterocycles. The van der Waals surface area contributed by atoms with Gasteiger partial charge in [-0.05, 0) is 25.5 Å². The molecule has 0 spiro atoms. The normalized spacial score (nSPS) is 23.1. The van der Waals surface area contributed by atoms with Crippen LogP contribution < -0.4 is 21.3 Å². The Balaban J connectivity index is 1.96. The Kier molecular flexibility index (Phi) is 2.68. The smallest absolute Gasteiger partial charge is 0.149 e. The molecule has 3 heterocycles. The molecule has 0 aromatic carbocycles. The van der Waals surface area contributed by atoms with Gasteiger partial charge in [-0.25, -0.2) is 14.4 Å². The molecule has 0 saturated heterocycles. The fraction of sp³-hybridized carbons (Fsp3) is 0.417. The molecule has 0 aliphatic carbocycles. The largest absolute Gasteiger partial charge is 0.308 e. The summed E-state index contributed by atoms with van der Waals surface area (Å²) in [6.07, 6.45) is 2.17. The van der Waals surface area contributed by atoms with Gasteiger partial charge in [-0.1, -0.05) is 0 Å². The quantitative estimate of drug-likeness (QED) is 0.692. The number of nitrogens with zero attached hydrogens (tertiary/aromatic N) is 2. The van der Waals surface area contributed by atoms with E-state index < -0.39 is 0 Å². The fourth-order valence-electron chi connectivity index (χ4n) is 2.33. The lowest BCUT2D eigenvalue weighted by Gasteiger charge is -2.24. The van der Waals surface area contributed by atoms with Gasteiger partial charge in [0.15, 0.2) is 0 Å². The van der Waals surface area contributed by atoms with E-state index in [-0.39, 0.29) is 11.9 Å². The van der Waals surface area contributed by atoms with Crippen molar-refractivity contribution in [1.29, 1.82) is 0 Å². The molecule has 3 rings (SSSR count). The number of hydrogen-bond donors (Lipinski definition) is 3. The van der Waals surface area contributed by atoms with Crippen molar-refractivity contribution in [3.63, 3.8) is 0 Å². The van der Waals surface area contributed by atoms with Crippen LogP contribution in [0.5, 0.6) is 0 Å². The summed E-state index contributed by atoms with van der Waals surface area (Å²) in [6.45, 7) is 4.78. The highest BCUT2D eigenvalue weighted by molar-refractivity contribution is 5.50. The Morgan fingerprint density at radius 1 is 1.50 bits per heavy atom. The lowest BCUT2D eigenvalue weighted by Crippen LogP contribution is -2.39. The van der Waals surface area contributed by atoms with Gasteiger partial charge in [0, 0.05) is 19.0 Å². The summed E-state index contributed by atoms with van der Waals surface area (Å²) < 4.78 is 13.2. The lowest BCUT2D eigenvalue weighted by atomic mass is 10.1. The van der Waals surface area contributed by atoms with E-state index >= 15 is 0 Å². The second kappa shape index (κ2) is 4.22. The van der Waals surface area contributed by atoms with Crippen molar-refractivity contribution in [1.82, 2.24) is 21.3 Å². The molecule has 6 heteroatoms. The molecule has 0 amide bonds. The summed E-state index contributed by atoms with van der Waals surface area (Å²) in [5.74, 6) is 0.430. The highest BCUT2D eigenvalue weighted by Gasteiger charge is 2.30. The van der Waals surface area contributed by atoms with E-state index in [9.17, 15) is 4.39 Å². The number of anilines is 1. The zero-order valence-corrected chi connectivity index (χ0v) is 10.4. The lowest BCUT2D eigenvalue weighted by molar-refractivity contribution is 0.544.